The van der Waals surface area contributed by atoms with Crippen LogP contribution in [-0.4, -0.2) is 38.0 Å². The van der Waals surface area contributed by atoms with Crippen LogP contribution in [0.4, 0.5) is 21.0 Å². The van der Waals surface area contributed by atoms with Gasteiger partial charge in [-0.3, -0.25) is 5.32 Å². The summed E-state index contributed by atoms with van der Waals surface area (Å²) < 4.78 is 9.65. The number of alkyl carbamates (subject to hydrolysis) is 1. The van der Waals surface area contributed by atoms with E-state index in [9.17, 15) is 9.59 Å². The van der Waals surface area contributed by atoms with Crippen molar-refractivity contribution < 1.29 is 19.1 Å². The Morgan fingerprint density at radius 3 is 2.41 bits per heavy atom. The highest BCUT2D eigenvalue weighted by molar-refractivity contribution is 5.85. The molecule has 0 saturated carbocycles. The Morgan fingerprint density at radius 1 is 1.09 bits per heavy atom. The van der Waals surface area contributed by atoms with Gasteiger partial charge < -0.3 is 20.1 Å². The Labute approximate surface area is 130 Å². The standard InChI is InChI=1S/C15H23N3O4/c1-15(2,3)22-13(19)17-9-8-16-11-6-5-7-12(10-11)18-14(20)21-4/h5-7,10,16H,8-9H2,1-4H3,(H,17,19)(H,18,20). The second kappa shape index (κ2) is 8.11. The molecule has 0 fully saturated rings. The molecule has 2 amide bonds. The first-order valence-electron chi connectivity index (χ1n) is 6.96. The zero-order valence-corrected chi connectivity index (χ0v) is 13.4. The van der Waals surface area contributed by atoms with Gasteiger partial charge in [-0.2, -0.15) is 0 Å². The summed E-state index contributed by atoms with van der Waals surface area (Å²) in [5, 5.41) is 8.36. The van der Waals surface area contributed by atoms with Crippen molar-refractivity contribution in [1.29, 1.82) is 0 Å². The van der Waals surface area contributed by atoms with E-state index in [1.165, 1.54) is 7.11 Å². The summed E-state index contributed by atoms with van der Waals surface area (Å²) in [6, 6.07) is 7.18. The van der Waals surface area contributed by atoms with Crippen molar-refractivity contribution in [3.05, 3.63) is 24.3 Å². The zero-order valence-electron chi connectivity index (χ0n) is 13.4. The molecule has 0 atom stereocenters. The average molecular weight is 309 g/mol. The molecule has 22 heavy (non-hydrogen) atoms. The first kappa shape index (κ1) is 17.6. The fourth-order valence-electron chi connectivity index (χ4n) is 1.56. The molecule has 3 N–H and O–H groups in total. The first-order valence-corrected chi connectivity index (χ1v) is 6.96. The number of amides is 2. The van der Waals surface area contributed by atoms with Crippen LogP contribution < -0.4 is 16.0 Å². The van der Waals surface area contributed by atoms with Crippen LogP contribution in [-0.2, 0) is 9.47 Å². The van der Waals surface area contributed by atoms with Gasteiger partial charge in [0.15, 0.2) is 0 Å². The van der Waals surface area contributed by atoms with Crippen LogP contribution in [0.1, 0.15) is 20.8 Å². The second-order valence-electron chi connectivity index (χ2n) is 5.55. The number of benzene rings is 1. The minimum atomic E-state index is -0.524. The molecule has 7 nitrogen and oxygen atoms in total. The molecule has 0 aliphatic carbocycles. The van der Waals surface area contributed by atoms with Gasteiger partial charge in [0.25, 0.3) is 0 Å². The average Bonchev–Trinajstić information content (AvgIpc) is 2.42. The van der Waals surface area contributed by atoms with Gasteiger partial charge in [0.05, 0.1) is 7.11 Å². The Kier molecular flexibility index (Phi) is 6.49. The zero-order chi connectivity index (χ0) is 16.6. The van der Waals surface area contributed by atoms with Gasteiger partial charge in [-0.25, -0.2) is 9.59 Å². The van der Waals surface area contributed by atoms with Gasteiger partial charge in [-0.05, 0) is 39.0 Å². The van der Waals surface area contributed by atoms with Gasteiger partial charge in [0.2, 0.25) is 0 Å². The number of anilines is 2. The molecule has 0 aliphatic heterocycles. The Morgan fingerprint density at radius 2 is 1.77 bits per heavy atom. The van der Waals surface area contributed by atoms with Gasteiger partial charge in [-0.1, -0.05) is 6.07 Å². The Balaban J connectivity index is 2.35. The van der Waals surface area contributed by atoms with Crippen molar-refractivity contribution in [1.82, 2.24) is 5.32 Å². The molecule has 1 aromatic rings. The lowest BCUT2D eigenvalue weighted by Gasteiger charge is -2.19. The van der Waals surface area contributed by atoms with E-state index in [-0.39, 0.29) is 0 Å². The molecule has 0 spiro atoms. The molecule has 7 heteroatoms. The van der Waals surface area contributed by atoms with Crippen molar-refractivity contribution in [2.45, 2.75) is 26.4 Å². The van der Waals surface area contributed by atoms with E-state index in [0.717, 1.165) is 5.69 Å². The number of hydrogen-bond donors (Lipinski definition) is 3. The summed E-state index contributed by atoms with van der Waals surface area (Å²) in [5.74, 6) is 0. The molecule has 1 aromatic carbocycles. The number of hydrogen-bond acceptors (Lipinski definition) is 5. The van der Waals surface area contributed by atoms with Gasteiger partial charge in [0, 0.05) is 24.5 Å². The molecule has 0 unspecified atom stereocenters. The topological polar surface area (TPSA) is 88.7 Å². The summed E-state index contributed by atoms with van der Waals surface area (Å²) in [4.78, 5) is 22.6. The van der Waals surface area contributed by atoms with Crippen molar-refractivity contribution in [3.8, 4) is 0 Å². The molecule has 0 aliphatic rings. The largest absolute Gasteiger partial charge is 0.453 e. The van der Waals surface area contributed by atoms with Crippen LogP contribution in [0.15, 0.2) is 24.3 Å². The van der Waals surface area contributed by atoms with E-state index < -0.39 is 17.8 Å². The fraction of sp³-hybridized carbons (Fsp3) is 0.467. The smallest absolute Gasteiger partial charge is 0.411 e. The number of carbonyl (C=O) groups is 2. The Bertz CT molecular complexity index is 512. The van der Waals surface area contributed by atoms with E-state index >= 15 is 0 Å². The normalized spacial score (nSPS) is 10.5. The molecule has 1 rings (SSSR count). The van der Waals surface area contributed by atoms with Crippen LogP contribution in [0.3, 0.4) is 0 Å². The monoisotopic (exact) mass is 309 g/mol. The van der Waals surface area contributed by atoms with Gasteiger partial charge >= 0.3 is 12.2 Å². The predicted molar refractivity (Wildman–Crippen MR) is 85.2 cm³/mol. The van der Waals surface area contributed by atoms with Crippen molar-refractivity contribution >= 4 is 23.6 Å². The minimum absolute atomic E-state index is 0.420. The maximum absolute atomic E-state index is 11.5. The quantitative estimate of drug-likeness (QED) is 0.728. The van der Waals surface area contributed by atoms with Crippen LogP contribution in [0, 0.1) is 0 Å². The first-order chi connectivity index (χ1) is 10.3. The molecule has 122 valence electrons. The molecular weight excluding hydrogens is 286 g/mol. The van der Waals surface area contributed by atoms with E-state index in [0.29, 0.717) is 18.8 Å². The third-order valence-corrected chi connectivity index (χ3v) is 2.42. The summed E-state index contributed by atoms with van der Waals surface area (Å²) in [5.41, 5.74) is 0.933. The Hall–Kier alpha value is -2.44. The summed E-state index contributed by atoms with van der Waals surface area (Å²) in [7, 11) is 1.31. The van der Waals surface area contributed by atoms with E-state index in [1.54, 1.807) is 18.2 Å². The summed E-state index contributed by atoms with van der Waals surface area (Å²) >= 11 is 0. The van der Waals surface area contributed by atoms with Crippen LogP contribution in [0.5, 0.6) is 0 Å². The number of carbonyl (C=O) groups excluding carboxylic acids is 2. The molecule has 0 radical (unpaired) electrons. The molecule has 0 bridgehead atoms. The highest BCUT2D eigenvalue weighted by atomic mass is 16.6. The maximum atomic E-state index is 11.5. The number of methoxy groups -OCH3 is 1. The van der Waals surface area contributed by atoms with Crippen molar-refractivity contribution in [2.75, 3.05) is 30.8 Å². The lowest BCUT2D eigenvalue weighted by atomic mass is 10.2. The van der Waals surface area contributed by atoms with E-state index in [1.807, 2.05) is 26.8 Å². The number of ether oxygens (including phenoxy) is 2. The third-order valence-electron chi connectivity index (χ3n) is 2.42. The maximum Gasteiger partial charge on any atom is 0.411 e. The highest BCUT2D eigenvalue weighted by Crippen LogP contribution is 2.14. The minimum Gasteiger partial charge on any atom is -0.453 e. The van der Waals surface area contributed by atoms with E-state index in [2.05, 4.69) is 20.7 Å². The number of rotatable bonds is 5. The second-order valence-corrected chi connectivity index (χ2v) is 5.55. The van der Waals surface area contributed by atoms with Crippen LogP contribution in [0.2, 0.25) is 0 Å². The lowest BCUT2D eigenvalue weighted by molar-refractivity contribution is 0.0530. The lowest BCUT2D eigenvalue weighted by Crippen LogP contribution is -2.34. The van der Waals surface area contributed by atoms with Gasteiger partial charge in [0.1, 0.15) is 5.60 Å². The third kappa shape index (κ3) is 7.37. The number of nitrogens with one attached hydrogen (secondary N) is 3. The van der Waals surface area contributed by atoms with Gasteiger partial charge in [-0.15, -0.1) is 0 Å². The molecule has 0 aromatic heterocycles. The van der Waals surface area contributed by atoms with Crippen LogP contribution in [0.25, 0.3) is 0 Å². The highest BCUT2D eigenvalue weighted by Gasteiger charge is 2.15. The van der Waals surface area contributed by atoms with Crippen molar-refractivity contribution in [3.63, 3.8) is 0 Å². The summed E-state index contributed by atoms with van der Waals surface area (Å²) in [6.07, 6.45) is -0.973. The molecule has 0 saturated heterocycles. The summed E-state index contributed by atoms with van der Waals surface area (Å²) in [6.45, 7) is 6.38. The van der Waals surface area contributed by atoms with E-state index in [4.69, 9.17) is 4.74 Å². The fourth-order valence-corrected chi connectivity index (χ4v) is 1.56. The van der Waals surface area contributed by atoms with Crippen LogP contribution >= 0.6 is 0 Å². The molecular formula is C15H23N3O4. The SMILES string of the molecule is COC(=O)Nc1cccc(NCCNC(=O)OC(C)(C)C)c1. The molecule has 0 heterocycles. The predicted octanol–water partition coefficient (Wildman–Crippen LogP) is 2.80. The van der Waals surface area contributed by atoms with Crippen molar-refractivity contribution in [2.24, 2.45) is 0 Å².